The van der Waals surface area contributed by atoms with Crippen LogP contribution in [-0.4, -0.2) is 91.8 Å². The molecule has 0 saturated carbocycles. The highest BCUT2D eigenvalue weighted by atomic mass is 19.4. The van der Waals surface area contributed by atoms with Gasteiger partial charge in [0.1, 0.15) is 6.61 Å². The number of carbonyl (C=O) groups excluding carboxylic acids is 1. The minimum Gasteiger partial charge on any atom is -0.375 e. The molecule has 2 N–H and O–H groups in total. The Bertz CT molecular complexity index is 766. The fourth-order valence-electron chi connectivity index (χ4n) is 2.36. The predicted molar refractivity (Wildman–Crippen MR) is 82.8 cm³/mol. The van der Waals surface area contributed by atoms with Crippen LogP contribution >= 0.6 is 0 Å². The Labute approximate surface area is 189 Å². The number of alkyl halides is 17. The highest BCUT2D eigenvalue weighted by Crippen LogP contribution is 2.64. The second-order valence-corrected chi connectivity index (χ2v) is 7.00. The summed E-state index contributed by atoms with van der Waals surface area (Å²) in [6.07, 6.45) is -10.6. The van der Waals surface area contributed by atoms with Gasteiger partial charge < -0.3 is 15.4 Å². The van der Waals surface area contributed by atoms with Crippen molar-refractivity contribution in [2.75, 3.05) is 33.4 Å². The number of amides is 1. The molecule has 0 spiro atoms. The number of hydrogen-bond donors (Lipinski definition) is 1. The number of nitrogens with zero attached hydrogens (tertiary/aromatic N) is 1. The van der Waals surface area contributed by atoms with Gasteiger partial charge in [-0.2, -0.15) is 74.6 Å². The van der Waals surface area contributed by atoms with Crippen LogP contribution in [0.3, 0.4) is 0 Å². The second kappa shape index (κ2) is 10.2. The molecule has 1 amide bonds. The van der Waals surface area contributed by atoms with Crippen molar-refractivity contribution < 1.29 is 84.2 Å². The van der Waals surface area contributed by atoms with E-state index in [1.165, 1.54) is 0 Å². The summed E-state index contributed by atoms with van der Waals surface area (Å²) in [5, 5.41) is 0. The van der Waals surface area contributed by atoms with Gasteiger partial charge in [-0.25, -0.2) is 0 Å². The van der Waals surface area contributed by atoms with Gasteiger partial charge in [0, 0.05) is 33.2 Å². The quantitative estimate of drug-likeness (QED) is 0.319. The Kier molecular flexibility index (Phi) is 9.65. The highest BCUT2D eigenvalue weighted by Gasteiger charge is 2.95. The lowest BCUT2D eigenvalue weighted by atomic mass is 9.88. The van der Waals surface area contributed by atoms with E-state index in [-0.39, 0.29) is 4.90 Å². The van der Waals surface area contributed by atoms with Crippen LogP contribution in [-0.2, 0) is 9.53 Å². The van der Waals surface area contributed by atoms with Gasteiger partial charge in [0.2, 0.25) is 5.91 Å². The first-order chi connectivity index (χ1) is 15.7. The van der Waals surface area contributed by atoms with Crippen molar-refractivity contribution in [3.63, 3.8) is 0 Å². The molecule has 0 fully saturated rings. The number of carbonyl (C=O) groups is 1. The first-order valence-electron chi connectivity index (χ1n) is 8.84. The zero-order chi connectivity index (χ0) is 29.4. The molecule has 36 heavy (non-hydrogen) atoms. The van der Waals surface area contributed by atoms with Gasteiger partial charge in [0.25, 0.3) is 0 Å². The molecule has 0 saturated heterocycles. The van der Waals surface area contributed by atoms with Gasteiger partial charge in [0.05, 0.1) is 0 Å². The predicted octanol–water partition coefficient (Wildman–Crippen LogP) is 4.82. The van der Waals surface area contributed by atoms with E-state index in [0.717, 1.165) is 7.11 Å². The maximum atomic E-state index is 13.9. The lowest BCUT2D eigenvalue weighted by molar-refractivity contribution is -0.461. The number of methoxy groups -OCH3 is 1. The molecule has 0 aliphatic rings. The summed E-state index contributed by atoms with van der Waals surface area (Å²) in [4.78, 5) is 11.7. The fraction of sp³-hybridized carbons (Fsp3) is 0.933. The van der Waals surface area contributed by atoms with E-state index in [1.54, 1.807) is 0 Å². The molecule has 4 nitrogen and oxygen atoms in total. The summed E-state index contributed by atoms with van der Waals surface area (Å²) in [7, 11) is 0.863. The summed E-state index contributed by atoms with van der Waals surface area (Å²) in [6.45, 7) is -4.00. The summed E-state index contributed by atoms with van der Waals surface area (Å²) >= 11 is 0. The SMILES string of the molecule is COCC(=O)N(CCN)CCC(F)(F)C(F)(F)C(F)(F)C(F)(F)C(F)(F)C(F)(F)C(F)(F)C(F)(F)F. The van der Waals surface area contributed by atoms with E-state index in [2.05, 4.69) is 4.74 Å². The first-order valence-corrected chi connectivity index (χ1v) is 8.84. The Hall–Kier alpha value is -1.80. The van der Waals surface area contributed by atoms with E-state index in [9.17, 15) is 79.4 Å². The van der Waals surface area contributed by atoms with Crippen LogP contribution in [0, 0.1) is 0 Å². The molecule has 0 atom stereocenters. The van der Waals surface area contributed by atoms with Crippen molar-refractivity contribution in [1.82, 2.24) is 4.90 Å². The Morgan fingerprint density at radius 2 is 1.00 bits per heavy atom. The Morgan fingerprint density at radius 1 is 0.639 bits per heavy atom. The third-order valence-corrected chi connectivity index (χ3v) is 4.50. The Balaban J connectivity index is 6.43. The van der Waals surface area contributed by atoms with Crippen LogP contribution in [0.15, 0.2) is 0 Å². The Morgan fingerprint density at radius 3 is 1.33 bits per heavy atom. The van der Waals surface area contributed by atoms with Crippen LogP contribution in [0.1, 0.15) is 6.42 Å². The normalized spacial score (nSPS) is 15.3. The summed E-state index contributed by atoms with van der Waals surface area (Å²) in [5.74, 6) is -58.1. The minimum absolute atomic E-state index is 0.135. The van der Waals surface area contributed by atoms with Crippen LogP contribution in [0.4, 0.5) is 74.6 Å². The van der Waals surface area contributed by atoms with Crippen molar-refractivity contribution >= 4 is 5.91 Å². The lowest BCUT2D eigenvalue weighted by Gasteiger charge is -2.43. The molecule has 0 rings (SSSR count). The van der Waals surface area contributed by atoms with Gasteiger partial charge in [-0.3, -0.25) is 4.79 Å². The van der Waals surface area contributed by atoms with Crippen molar-refractivity contribution in [2.24, 2.45) is 5.73 Å². The summed E-state index contributed by atoms with van der Waals surface area (Å²) in [6, 6.07) is 0. The number of nitrogens with two attached hydrogens (primary N) is 1. The monoisotopic (exact) mass is 578 g/mol. The number of rotatable bonds is 13. The zero-order valence-electron chi connectivity index (χ0n) is 17.3. The molecule has 0 radical (unpaired) electrons. The van der Waals surface area contributed by atoms with E-state index in [1.807, 2.05) is 0 Å². The number of hydrogen-bond acceptors (Lipinski definition) is 3. The standard InChI is InChI=1S/C15H15F17N2O2/c1-36-6-7(35)34(5-3-33)4-2-8(16,17)9(18,19)10(20,21)11(22,23)12(24,25)13(26,27)14(28,29)15(30,31)32/h2-6,33H2,1H3. The van der Waals surface area contributed by atoms with E-state index in [0.29, 0.717) is 0 Å². The molecule has 0 aromatic rings. The molecule has 0 heterocycles. The molecule has 0 aromatic heterocycles. The fourth-order valence-corrected chi connectivity index (χ4v) is 2.36. The van der Waals surface area contributed by atoms with Crippen molar-refractivity contribution in [2.45, 2.75) is 54.1 Å². The second-order valence-electron chi connectivity index (χ2n) is 7.00. The molecule has 21 heteroatoms. The highest BCUT2D eigenvalue weighted by molar-refractivity contribution is 5.77. The molecular weight excluding hydrogens is 563 g/mol. The van der Waals surface area contributed by atoms with E-state index >= 15 is 0 Å². The summed E-state index contributed by atoms with van der Waals surface area (Å²) in [5.41, 5.74) is 4.98. The molecule has 0 bridgehead atoms. The van der Waals surface area contributed by atoms with Crippen LogP contribution in [0.25, 0.3) is 0 Å². The van der Waals surface area contributed by atoms with Crippen LogP contribution in [0.5, 0.6) is 0 Å². The average Bonchev–Trinajstić information content (AvgIpc) is 2.69. The smallest absolute Gasteiger partial charge is 0.375 e. The number of ether oxygens (including phenoxy) is 1. The molecule has 0 aliphatic heterocycles. The van der Waals surface area contributed by atoms with Gasteiger partial charge in [-0.05, 0) is 0 Å². The summed E-state index contributed by atoms with van der Waals surface area (Å²) < 4.78 is 229. The molecular formula is C15H15F17N2O2. The molecule has 0 aliphatic carbocycles. The van der Waals surface area contributed by atoms with Gasteiger partial charge in [-0.1, -0.05) is 0 Å². The van der Waals surface area contributed by atoms with Crippen molar-refractivity contribution in [1.29, 1.82) is 0 Å². The zero-order valence-corrected chi connectivity index (χ0v) is 17.3. The van der Waals surface area contributed by atoms with Gasteiger partial charge in [-0.15, -0.1) is 0 Å². The third kappa shape index (κ3) is 5.26. The van der Waals surface area contributed by atoms with E-state index < -0.39 is 86.2 Å². The minimum atomic E-state index is -8.68. The first kappa shape index (κ1) is 34.2. The van der Waals surface area contributed by atoms with Crippen molar-refractivity contribution in [3.8, 4) is 0 Å². The molecule has 216 valence electrons. The average molecular weight is 578 g/mol. The lowest BCUT2D eigenvalue weighted by Crippen LogP contribution is -2.74. The maximum absolute atomic E-state index is 13.9. The van der Waals surface area contributed by atoms with Crippen LogP contribution in [0.2, 0.25) is 0 Å². The van der Waals surface area contributed by atoms with Gasteiger partial charge in [0.15, 0.2) is 0 Å². The topological polar surface area (TPSA) is 55.6 Å². The van der Waals surface area contributed by atoms with Crippen molar-refractivity contribution in [3.05, 3.63) is 0 Å². The van der Waals surface area contributed by atoms with Crippen LogP contribution < -0.4 is 5.73 Å². The number of halogens is 17. The largest absolute Gasteiger partial charge is 0.460 e. The molecule has 0 aromatic carbocycles. The third-order valence-electron chi connectivity index (χ3n) is 4.50. The maximum Gasteiger partial charge on any atom is 0.460 e. The molecule has 0 unspecified atom stereocenters. The van der Waals surface area contributed by atoms with E-state index in [4.69, 9.17) is 5.73 Å². The van der Waals surface area contributed by atoms with Gasteiger partial charge >= 0.3 is 47.6 Å².